The number of carbonyl (C=O) groups excluding carboxylic acids is 5. The molecule has 4 saturated carbocycles. The molecule has 298 valence electrons. The Morgan fingerprint density at radius 2 is 1.70 bits per heavy atom. The van der Waals surface area contributed by atoms with Crippen LogP contribution in [0, 0.1) is 56.5 Å². The zero-order valence-electron chi connectivity index (χ0n) is 30.7. The van der Waals surface area contributed by atoms with Crippen LogP contribution >= 0.6 is 23.2 Å². The fourth-order valence-corrected chi connectivity index (χ4v) is 11.2. The van der Waals surface area contributed by atoms with Crippen LogP contribution in [-0.4, -0.2) is 71.1 Å². The number of non-ortho nitro benzene ring substituents is 1. The number of rotatable bonds is 17. The molecule has 16 heteroatoms. The number of aliphatic hydroxyl groups is 1. The predicted molar refractivity (Wildman–Crippen MR) is 193 cm³/mol. The van der Waals surface area contributed by atoms with Crippen molar-refractivity contribution in [3.63, 3.8) is 0 Å². The highest BCUT2D eigenvalue weighted by Gasteiger charge is 2.67. The third kappa shape index (κ3) is 8.21. The van der Waals surface area contributed by atoms with Crippen LogP contribution < -0.4 is 5.32 Å². The molecule has 1 aromatic carbocycles. The number of amides is 1. The maximum atomic E-state index is 13.0. The standard InChI is InChI=1S/C38H50Cl2N2O12/c1-22(4-11-32(46)51-15-14-38(48,41-35(47)34(39)40)23-5-7-25(8-6-23)42(49)50)27-9-10-28-33-29(18-31(54-21-45)37(27,28)3)36(2)13-12-26(52-19-43)16-24(36)17-30(33)53-20-44/h5-8,19-22,24,26-31,33-34,48H,4,9-18H2,1-3H3,(H,41,47). The number of hydrogen-bond donors (Lipinski definition) is 2. The summed E-state index contributed by atoms with van der Waals surface area (Å²) >= 11 is 11.4. The average molecular weight is 798 g/mol. The molecule has 0 saturated heterocycles. The number of nitrogens with one attached hydrogen (secondary N) is 1. The van der Waals surface area contributed by atoms with E-state index in [9.17, 15) is 39.2 Å². The second-order valence-electron chi connectivity index (χ2n) is 16.1. The van der Waals surface area contributed by atoms with E-state index in [1.54, 1.807) is 0 Å². The molecule has 0 aromatic heterocycles. The third-order valence-electron chi connectivity index (χ3n) is 13.8. The number of alkyl halides is 2. The smallest absolute Gasteiger partial charge is 0.305 e. The molecule has 12 unspecified atom stereocenters. The third-order valence-corrected chi connectivity index (χ3v) is 14.2. The van der Waals surface area contributed by atoms with Crippen LogP contribution in [0.5, 0.6) is 0 Å². The number of nitro groups is 1. The number of nitro benzene ring substituents is 1. The Bertz CT molecular complexity index is 1550. The number of fused-ring (bicyclic) bond motifs is 5. The molecule has 5 rings (SSSR count). The first-order valence-electron chi connectivity index (χ1n) is 18.6. The highest BCUT2D eigenvalue weighted by Crippen LogP contribution is 2.69. The van der Waals surface area contributed by atoms with Gasteiger partial charge in [0.2, 0.25) is 0 Å². The molecule has 0 radical (unpaired) electrons. The Hall–Kier alpha value is -3.49. The van der Waals surface area contributed by atoms with Crippen molar-refractivity contribution >= 4 is 60.2 Å². The minimum atomic E-state index is -2.09. The summed E-state index contributed by atoms with van der Waals surface area (Å²) in [6, 6.07) is 4.89. The highest BCUT2D eigenvalue weighted by molar-refractivity contribution is 6.53. The number of carbonyl (C=O) groups is 5. The van der Waals surface area contributed by atoms with E-state index in [0.29, 0.717) is 45.1 Å². The van der Waals surface area contributed by atoms with E-state index < -0.39 is 32.8 Å². The summed E-state index contributed by atoms with van der Waals surface area (Å²) in [5.74, 6) is -0.865. The molecule has 4 aliphatic carbocycles. The van der Waals surface area contributed by atoms with Crippen molar-refractivity contribution < 1.29 is 52.9 Å². The summed E-state index contributed by atoms with van der Waals surface area (Å²) in [6.07, 6.45) is 4.65. The van der Waals surface area contributed by atoms with Crippen molar-refractivity contribution in [2.75, 3.05) is 6.61 Å². The van der Waals surface area contributed by atoms with Crippen LogP contribution in [0.25, 0.3) is 0 Å². The molecular weight excluding hydrogens is 747 g/mol. The van der Waals surface area contributed by atoms with Gasteiger partial charge in [0.25, 0.3) is 31.0 Å². The minimum absolute atomic E-state index is 0.0239. The van der Waals surface area contributed by atoms with Crippen LogP contribution in [-0.2, 0) is 48.6 Å². The van der Waals surface area contributed by atoms with E-state index in [-0.39, 0.29) is 89.9 Å². The van der Waals surface area contributed by atoms with Crippen molar-refractivity contribution in [1.29, 1.82) is 0 Å². The summed E-state index contributed by atoms with van der Waals surface area (Å²) in [4.78, 5) is 69.4. The lowest BCUT2D eigenvalue weighted by Crippen LogP contribution is -2.63. The fraction of sp³-hybridized carbons (Fsp3) is 0.711. The summed E-state index contributed by atoms with van der Waals surface area (Å²) < 4.78 is 22.7. The van der Waals surface area contributed by atoms with Gasteiger partial charge in [-0.1, -0.05) is 44.0 Å². The van der Waals surface area contributed by atoms with Crippen molar-refractivity contribution in [3.8, 4) is 0 Å². The molecule has 14 nitrogen and oxygen atoms in total. The second kappa shape index (κ2) is 17.1. The van der Waals surface area contributed by atoms with Gasteiger partial charge in [-0.15, -0.1) is 0 Å². The Morgan fingerprint density at radius 1 is 1.02 bits per heavy atom. The Kier molecular flexibility index (Phi) is 13.2. The molecule has 12 atom stereocenters. The molecular formula is C38H50Cl2N2O12. The van der Waals surface area contributed by atoms with Gasteiger partial charge in [-0.3, -0.25) is 34.1 Å². The van der Waals surface area contributed by atoms with E-state index in [1.165, 1.54) is 24.3 Å². The van der Waals surface area contributed by atoms with Crippen molar-refractivity contribution in [2.24, 2.45) is 46.3 Å². The van der Waals surface area contributed by atoms with Gasteiger partial charge >= 0.3 is 5.97 Å². The van der Waals surface area contributed by atoms with Gasteiger partial charge in [-0.2, -0.15) is 0 Å². The monoisotopic (exact) mass is 796 g/mol. The second-order valence-corrected chi connectivity index (χ2v) is 17.2. The van der Waals surface area contributed by atoms with Crippen LogP contribution in [0.15, 0.2) is 24.3 Å². The number of benzene rings is 1. The largest absolute Gasteiger partial charge is 0.465 e. The van der Waals surface area contributed by atoms with Crippen LogP contribution in [0.4, 0.5) is 5.69 Å². The maximum absolute atomic E-state index is 13.0. The molecule has 2 N–H and O–H groups in total. The van der Waals surface area contributed by atoms with Crippen LogP contribution in [0.1, 0.15) is 90.5 Å². The van der Waals surface area contributed by atoms with E-state index in [0.717, 1.165) is 25.7 Å². The number of esters is 1. The van der Waals surface area contributed by atoms with Crippen LogP contribution in [0.2, 0.25) is 0 Å². The zero-order chi connectivity index (χ0) is 39.4. The normalized spacial score (nSPS) is 34.4. The molecule has 1 aromatic rings. The summed E-state index contributed by atoms with van der Waals surface area (Å²) in [5, 5.41) is 24.8. The molecule has 0 aliphatic heterocycles. The first-order chi connectivity index (χ1) is 25.6. The zero-order valence-corrected chi connectivity index (χ0v) is 32.2. The van der Waals surface area contributed by atoms with Gasteiger partial charge in [0.05, 0.1) is 11.5 Å². The summed E-state index contributed by atoms with van der Waals surface area (Å²) in [6.45, 7) is 7.82. The van der Waals surface area contributed by atoms with Gasteiger partial charge in [-0.25, -0.2) is 0 Å². The number of halogens is 2. The number of hydrogen-bond acceptors (Lipinski definition) is 12. The number of nitrogens with zero attached hydrogens (tertiary/aromatic N) is 1. The van der Waals surface area contributed by atoms with Crippen molar-refractivity contribution in [2.45, 2.75) is 114 Å². The SMILES string of the molecule is CC(CCC(=O)OCCC(O)(NC(=O)C(Cl)Cl)c1ccc([N+](=O)[O-])cc1)C1CCC2C3C(OC=O)CC4CC(OC=O)CCC4(C)C3CC(OC=O)C12C. The topological polar surface area (TPSA) is 198 Å². The maximum Gasteiger partial charge on any atom is 0.305 e. The predicted octanol–water partition coefficient (Wildman–Crippen LogP) is 5.51. The number of ether oxygens (including phenoxy) is 4. The van der Waals surface area contributed by atoms with Gasteiger partial charge in [0.1, 0.15) is 18.3 Å². The molecule has 0 spiro atoms. The van der Waals surface area contributed by atoms with Gasteiger partial charge < -0.3 is 29.4 Å². The average Bonchev–Trinajstić information content (AvgIpc) is 3.49. The Morgan fingerprint density at radius 3 is 2.33 bits per heavy atom. The van der Waals surface area contributed by atoms with Crippen molar-refractivity contribution in [3.05, 3.63) is 39.9 Å². The lowest BCUT2D eigenvalue weighted by atomic mass is 9.43. The van der Waals surface area contributed by atoms with Crippen molar-refractivity contribution in [1.82, 2.24) is 5.32 Å². The van der Waals surface area contributed by atoms with Crippen LogP contribution in [0.3, 0.4) is 0 Å². The Labute approximate surface area is 324 Å². The lowest BCUT2D eigenvalue weighted by molar-refractivity contribution is -0.384. The lowest BCUT2D eigenvalue weighted by Gasteiger charge is -2.64. The highest BCUT2D eigenvalue weighted by atomic mass is 35.5. The molecule has 0 bridgehead atoms. The molecule has 4 fully saturated rings. The fourth-order valence-electron chi connectivity index (χ4n) is 11.1. The van der Waals surface area contributed by atoms with E-state index in [4.69, 9.17) is 42.1 Å². The first kappa shape index (κ1) is 41.7. The van der Waals surface area contributed by atoms with E-state index in [1.807, 2.05) is 0 Å². The minimum Gasteiger partial charge on any atom is -0.465 e. The quantitative estimate of drug-likeness (QED) is 0.0382. The van der Waals surface area contributed by atoms with E-state index in [2.05, 4.69) is 26.1 Å². The molecule has 54 heavy (non-hydrogen) atoms. The van der Waals surface area contributed by atoms with Gasteiger partial charge in [0.15, 0.2) is 10.6 Å². The Balaban J connectivity index is 1.25. The van der Waals surface area contributed by atoms with E-state index >= 15 is 0 Å². The molecule has 1 amide bonds. The van der Waals surface area contributed by atoms with Gasteiger partial charge in [0, 0.05) is 41.9 Å². The molecule has 4 aliphatic rings. The first-order valence-corrected chi connectivity index (χ1v) is 19.5. The van der Waals surface area contributed by atoms with Gasteiger partial charge in [-0.05, 0) is 98.5 Å². The molecule has 0 heterocycles. The summed E-state index contributed by atoms with van der Waals surface area (Å²) in [5.41, 5.74) is -2.77. The summed E-state index contributed by atoms with van der Waals surface area (Å²) in [7, 11) is 0.